The van der Waals surface area contributed by atoms with Crippen molar-refractivity contribution in [3.8, 4) is 11.7 Å². The van der Waals surface area contributed by atoms with Crippen molar-refractivity contribution in [2.24, 2.45) is 0 Å². The minimum atomic E-state index is -0.295. The Morgan fingerprint density at radius 1 is 0.969 bits per heavy atom. The third-order valence-electron chi connectivity index (χ3n) is 5.14. The van der Waals surface area contributed by atoms with E-state index in [1.54, 1.807) is 35.1 Å². The second-order valence-electron chi connectivity index (χ2n) is 7.20. The average Bonchev–Trinajstić information content (AvgIpc) is 3.08. The second-order valence-corrected chi connectivity index (χ2v) is 7.20. The third kappa shape index (κ3) is 4.27. The molecule has 2 N–H and O–H groups in total. The molecule has 0 saturated heterocycles. The number of nitrogens with zero attached hydrogens (tertiary/aromatic N) is 5. The fourth-order valence-corrected chi connectivity index (χ4v) is 3.16. The number of aromatic nitrogens is 5. The molecular weight excluding hydrogens is 406 g/mol. The highest BCUT2D eigenvalue weighted by molar-refractivity contribution is 6.05. The van der Waals surface area contributed by atoms with Gasteiger partial charge >= 0.3 is 0 Å². The van der Waals surface area contributed by atoms with Crippen LogP contribution in [0.4, 0.5) is 17.2 Å². The molecule has 3 heterocycles. The molecule has 4 aromatic rings. The smallest absolute Gasteiger partial charge is 0.261 e. The van der Waals surface area contributed by atoms with Crippen LogP contribution in [0.15, 0.2) is 54.7 Å². The maximum Gasteiger partial charge on any atom is 0.261 e. The summed E-state index contributed by atoms with van der Waals surface area (Å²) in [5.41, 5.74) is 4.98. The van der Waals surface area contributed by atoms with Gasteiger partial charge in [0.25, 0.3) is 5.91 Å². The zero-order valence-electron chi connectivity index (χ0n) is 18.2. The molecule has 0 aliphatic rings. The lowest BCUT2D eigenvalue weighted by Crippen LogP contribution is -2.13. The lowest BCUT2D eigenvalue weighted by Gasteiger charge is -2.10. The summed E-state index contributed by atoms with van der Waals surface area (Å²) in [6, 6.07) is 14.3. The van der Waals surface area contributed by atoms with E-state index in [-0.39, 0.29) is 11.8 Å². The number of benzene rings is 1. The van der Waals surface area contributed by atoms with Gasteiger partial charge in [-0.05, 0) is 74.9 Å². The number of ether oxygens (including phenoxy) is 1. The van der Waals surface area contributed by atoms with Gasteiger partial charge in [0, 0.05) is 23.3 Å². The quantitative estimate of drug-likeness (QED) is 0.477. The van der Waals surface area contributed by atoms with E-state index in [0.29, 0.717) is 22.9 Å². The van der Waals surface area contributed by atoms with Crippen LogP contribution in [-0.4, -0.2) is 38.0 Å². The van der Waals surface area contributed by atoms with Gasteiger partial charge in [-0.25, -0.2) is 9.67 Å². The predicted molar refractivity (Wildman–Crippen MR) is 122 cm³/mol. The number of hydrogen-bond donors (Lipinski definition) is 2. The Morgan fingerprint density at radius 3 is 2.34 bits per heavy atom. The van der Waals surface area contributed by atoms with E-state index < -0.39 is 0 Å². The highest BCUT2D eigenvalue weighted by Crippen LogP contribution is 2.21. The van der Waals surface area contributed by atoms with Crippen LogP contribution in [0.1, 0.15) is 27.3 Å². The number of methoxy groups -OCH3 is 1. The Labute approximate surface area is 185 Å². The number of amides is 1. The molecule has 0 aliphatic carbocycles. The standard InChI is InChI=1S/C23H23N7O2/c1-14-15(2)29-30(16(14)3)21-12-11-20(27-28-21)25-17-7-9-18(10-8-17)26-22(31)19-6-5-13-24-23(19)32-4/h5-13H,1-4H3,(H,25,27)(H,26,31). The Hall–Kier alpha value is -4.27. The van der Waals surface area contributed by atoms with Crippen molar-refractivity contribution < 1.29 is 9.53 Å². The SMILES string of the molecule is COc1ncccc1C(=O)Nc1ccc(Nc2ccc(-n3nc(C)c(C)c3C)nn2)cc1. The van der Waals surface area contributed by atoms with E-state index in [0.717, 1.165) is 22.6 Å². The Balaban J connectivity index is 1.42. The van der Waals surface area contributed by atoms with Crippen molar-refractivity contribution in [1.82, 2.24) is 25.0 Å². The minimum Gasteiger partial charge on any atom is -0.480 e. The molecule has 0 bridgehead atoms. The second kappa shape index (κ2) is 8.84. The molecule has 162 valence electrons. The third-order valence-corrected chi connectivity index (χ3v) is 5.14. The van der Waals surface area contributed by atoms with Crippen molar-refractivity contribution in [3.05, 3.63) is 77.2 Å². The van der Waals surface area contributed by atoms with Crippen LogP contribution < -0.4 is 15.4 Å². The van der Waals surface area contributed by atoms with E-state index >= 15 is 0 Å². The number of rotatable bonds is 6. The van der Waals surface area contributed by atoms with Gasteiger partial charge in [-0.2, -0.15) is 5.10 Å². The summed E-state index contributed by atoms with van der Waals surface area (Å²) in [7, 11) is 1.48. The minimum absolute atomic E-state index is 0.279. The topological polar surface area (TPSA) is 107 Å². The zero-order valence-corrected chi connectivity index (χ0v) is 18.2. The molecule has 0 atom stereocenters. The van der Waals surface area contributed by atoms with Gasteiger partial charge < -0.3 is 15.4 Å². The van der Waals surface area contributed by atoms with E-state index in [4.69, 9.17) is 4.74 Å². The number of carbonyl (C=O) groups is 1. The Kier molecular flexibility index (Phi) is 5.80. The molecule has 0 spiro atoms. The molecule has 1 aromatic carbocycles. The Morgan fingerprint density at radius 2 is 1.72 bits per heavy atom. The van der Waals surface area contributed by atoms with Crippen molar-refractivity contribution in [2.45, 2.75) is 20.8 Å². The highest BCUT2D eigenvalue weighted by Gasteiger charge is 2.13. The summed E-state index contributed by atoms with van der Waals surface area (Å²) in [6.45, 7) is 6.02. The number of nitrogens with one attached hydrogen (secondary N) is 2. The molecule has 0 aliphatic heterocycles. The maximum atomic E-state index is 12.5. The molecule has 0 saturated carbocycles. The first-order valence-electron chi connectivity index (χ1n) is 10.0. The molecule has 9 heteroatoms. The van der Waals surface area contributed by atoms with Crippen LogP contribution in [0.25, 0.3) is 5.82 Å². The fourth-order valence-electron chi connectivity index (χ4n) is 3.16. The monoisotopic (exact) mass is 429 g/mol. The summed E-state index contributed by atoms with van der Waals surface area (Å²) in [5.74, 6) is 1.24. The first-order chi connectivity index (χ1) is 15.5. The van der Waals surface area contributed by atoms with Crippen LogP contribution in [0.5, 0.6) is 5.88 Å². The summed E-state index contributed by atoms with van der Waals surface area (Å²) in [4.78, 5) is 16.5. The number of aryl methyl sites for hydroxylation is 1. The summed E-state index contributed by atoms with van der Waals surface area (Å²) < 4.78 is 6.93. The zero-order chi connectivity index (χ0) is 22.7. The van der Waals surface area contributed by atoms with Gasteiger partial charge in [-0.15, -0.1) is 10.2 Å². The first kappa shape index (κ1) is 21.0. The van der Waals surface area contributed by atoms with E-state index in [9.17, 15) is 4.79 Å². The van der Waals surface area contributed by atoms with Crippen LogP contribution in [0, 0.1) is 20.8 Å². The number of carbonyl (C=O) groups excluding carboxylic acids is 1. The lowest BCUT2D eigenvalue weighted by molar-refractivity contribution is 0.102. The van der Waals surface area contributed by atoms with E-state index in [2.05, 4.69) is 30.9 Å². The van der Waals surface area contributed by atoms with Crippen LogP contribution in [-0.2, 0) is 0 Å². The number of anilines is 3. The van der Waals surface area contributed by atoms with Gasteiger partial charge in [0.15, 0.2) is 11.6 Å². The summed E-state index contributed by atoms with van der Waals surface area (Å²) in [6.07, 6.45) is 1.57. The summed E-state index contributed by atoms with van der Waals surface area (Å²) >= 11 is 0. The number of pyridine rings is 1. The average molecular weight is 429 g/mol. The van der Waals surface area contributed by atoms with Gasteiger partial charge in [0.2, 0.25) is 5.88 Å². The molecule has 3 aromatic heterocycles. The van der Waals surface area contributed by atoms with E-state index in [1.807, 2.05) is 45.0 Å². The molecular formula is C23H23N7O2. The maximum absolute atomic E-state index is 12.5. The van der Waals surface area contributed by atoms with E-state index in [1.165, 1.54) is 7.11 Å². The van der Waals surface area contributed by atoms with Crippen molar-refractivity contribution in [1.29, 1.82) is 0 Å². The molecule has 1 amide bonds. The molecule has 9 nitrogen and oxygen atoms in total. The first-order valence-corrected chi connectivity index (χ1v) is 10.0. The number of hydrogen-bond acceptors (Lipinski definition) is 7. The predicted octanol–water partition coefficient (Wildman–Crippen LogP) is 3.99. The molecule has 0 unspecified atom stereocenters. The van der Waals surface area contributed by atoms with Crippen molar-refractivity contribution >= 4 is 23.1 Å². The fraction of sp³-hybridized carbons (Fsp3) is 0.174. The van der Waals surface area contributed by atoms with Crippen LogP contribution >= 0.6 is 0 Å². The van der Waals surface area contributed by atoms with Gasteiger partial charge in [-0.3, -0.25) is 4.79 Å². The van der Waals surface area contributed by atoms with Crippen LogP contribution in [0.3, 0.4) is 0 Å². The Bertz CT molecular complexity index is 1250. The molecule has 4 rings (SSSR count). The van der Waals surface area contributed by atoms with Crippen molar-refractivity contribution in [2.75, 3.05) is 17.7 Å². The summed E-state index contributed by atoms with van der Waals surface area (Å²) in [5, 5.41) is 19.1. The largest absolute Gasteiger partial charge is 0.480 e. The van der Waals surface area contributed by atoms with Crippen molar-refractivity contribution in [3.63, 3.8) is 0 Å². The van der Waals surface area contributed by atoms with Gasteiger partial charge in [0.1, 0.15) is 5.56 Å². The molecule has 0 radical (unpaired) electrons. The van der Waals surface area contributed by atoms with Gasteiger partial charge in [0.05, 0.1) is 12.8 Å². The highest BCUT2D eigenvalue weighted by atomic mass is 16.5. The van der Waals surface area contributed by atoms with Gasteiger partial charge in [-0.1, -0.05) is 0 Å². The lowest BCUT2D eigenvalue weighted by atomic mass is 10.2. The molecule has 0 fully saturated rings. The van der Waals surface area contributed by atoms with Crippen LogP contribution in [0.2, 0.25) is 0 Å². The molecule has 32 heavy (non-hydrogen) atoms. The normalized spacial score (nSPS) is 10.6.